The van der Waals surface area contributed by atoms with Crippen LogP contribution in [0.15, 0.2) is 30.6 Å². The molecule has 1 aliphatic rings. The summed E-state index contributed by atoms with van der Waals surface area (Å²) in [5.41, 5.74) is 0. The van der Waals surface area contributed by atoms with Crippen LogP contribution in [0.2, 0.25) is 4.34 Å². The van der Waals surface area contributed by atoms with Crippen molar-refractivity contribution in [1.29, 1.82) is 0 Å². The van der Waals surface area contributed by atoms with E-state index in [2.05, 4.69) is 20.6 Å². The summed E-state index contributed by atoms with van der Waals surface area (Å²) in [4.78, 5) is 12.8. The Balaban J connectivity index is 1.34. The molecule has 7 nitrogen and oxygen atoms in total. The zero-order chi connectivity index (χ0) is 17.4. The highest BCUT2D eigenvalue weighted by molar-refractivity contribution is 7.18. The minimum Gasteiger partial charge on any atom is -0.349 e. The molecular weight excluding hydrogens is 360 g/mol. The number of aromatic nitrogens is 5. The zero-order valence-electron chi connectivity index (χ0n) is 13.6. The first-order valence-corrected chi connectivity index (χ1v) is 9.21. The van der Waals surface area contributed by atoms with Gasteiger partial charge in [0, 0.05) is 31.4 Å². The minimum atomic E-state index is -0.0577. The summed E-state index contributed by atoms with van der Waals surface area (Å²) in [5.74, 6) is 2.10. The fourth-order valence-electron chi connectivity index (χ4n) is 3.05. The summed E-state index contributed by atoms with van der Waals surface area (Å²) < 4.78 is 4.48. The number of hydrogen-bond acceptors (Lipinski definition) is 5. The van der Waals surface area contributed by atoms with Gasteiger partial charge in [-0.3, -0.25) is 9.48 Å². The number of carbonyl (C=O) groups excluding carboxylic acids is 1. The van der Waals surface area contributed by atoms with Gasteiger partial charge in [-0.05, 0) is 31.0 Å². The molecule has 1 fully saturated rings. The van der Waals surface area contributed by atoms with Crippen molar-refractivity contribution in [2.24, 2.45) is 7.05 Å². The first kappa shape index (κ1) is 16.3. The topological polar surface area (TPSA) is 77.6 Å². The van der Waals surface area contributed by atoms with Crippen molar-refractivity contribution in [3.05, 3.63) is 51.5 Å². The van der Waals surface area contributed by atoms with E-state index in [9.17, 15) is 4.79 Å². The van der Waals surface area contributed by atoms with E-state index < -0.39 is 0 Å². The average Bonchev–Trinajstić information content (AvgIpc) is 3.27. The van der Waals surface area contributed by atoms with E-state index in [1.165, 1.54) is 11.3 Å². The maximum Gasteiger partial charge on any atom is 0.261 e. The van der Waals surface area contributed by atoms with Gasteiger partial charge in [-0.1, -0.05) is 11.6 Å². The Kier molecular flexibility index (Phi) is 4.30. The quantitative estimate of drug-likeness (QED) is 0.742. The lowest BCUT2D eigenvalue weighted by Crippen LogP contribution is -2.43. The van der Waals surface area contributed by atoms with E-state index in [-0.39, 0.29) is 11.9 Å². The molecule has 4 rings (SSSR count). The molecule has 1 aliphatic carbocycles. The van der Waals surface area contributed by atoms with Gasteiger partial charge in [0.05, 0.1) is 9.21 Å². The Morgan fingerprint density at radius 2 is 2.24 bits per heavy atom. The Hall–Kier alpha value is -2.19. The predicted molar refractivity (Wildman–Crippen MR) is 94.9 cm³/mol. The third-order valence-electron chi connectivity index (χ3n) is 4.50. The molecule has 0 bridgehead atoms. The summed E-state index contributed by atoms with van der Waals surface area (Å²) in [7, 11) is 1.98. The van der Waals surface area contributed by atoms with E-state index in [0.29, 0.717) is 21.7 Å². The largest absolute Gasteiger partial charge is 0.349 e. The Bertz CT molecular complexity index is 880. The van der Waals surface area contributed by atoms with Crippen molar-refractivity contribution in [3.63, 3.8) is 0 Å². The van der Waals surface area contributed by atoms with Crippen LogP contribution in [0, 0.1) is 0 Å². The summed E-state index contributed by atoms with van der Waals surface area (Å²) in [5, 5.41) is 15.9. The molecule has 0 spiro atoms. The van der Waals surface area contributed by atoms with Gasteiger partial charge >= 0.3 is 0 Å². The van der Waals surface area contributed by atoms with Crippen LogP contribution in [0.3, 0.4) is 0 Å². The van der Waals surface area contributed by atoms with Crippen molar-refractivity contribution in [3.8, 4) is 0 Å². The van der Waals surface area contributed by atoms with Crippen molar-refractivity contribution in [2.45, 2.75) is 31.3 Å². The van der Waals surface area contributed by atoms with E-state index in [4.69, 9.17) is 11.6 Å². The molecule has 0 unspecified atom stereocenters. The lowest BCUT2D eigenvalue weighted by atomic mass is 9.79. The molecule has 130 valence electrons. The number of thiophene rings is 1. The van der Waals surface area contributed by atoms with Gasteiger partial charge in [-0.15, -0.1) is 21.5 Å². The van der Waals surface area contributed by atoms with Gasteiger partial charge in [-0.2, -0.15) is 5.10 Å². The predicted octanol–water partition coefficient (Wildman–Crippen LogP) is 2.45. The molecule has 9 heteroatoms. The number of carbonyl (C=O) groups is 1. The second kappa shape index (κ2) is 6.61. The van der Waals surface area contributed by atoms with Crippen LogP contribution in [0.4, 0.5) is 0 Å². The minimum absolute atomic E-state index is 0.0577. The molecule has 3 aromatic heterocycles. The smallest absolute Gasteiger partial charge is 0.261 e. The van der Waals surface area contributed by atoms with Gasteiger partial charge in [-0.25, -0.2) is 0 Å². The first-order valence-electron chi connectivity index (χ1n) is 8.02. The summed E-state index contributed by atoms with van der Waals surface area (Å²) >= 11 is 7.17. The molecule has 3 heterocycles. The van der Waals surface area contributed by atoms with Crippen LogP contribution < -0.4 is 5.32 Å². The maximum absolute atomic E-state index is 12.2. The number of rotatable bonds is 5. The molecule has 0 aliphatic heterocycles. The fourth-order valence-corrected chi connectivity index (χ4v) is 3.99. The number of amides is 1. The second-order valence-corrected chi connectivity index (χ2v) is 7.89. The monoisotopic (exact) mass is 376 g/mol. The van der Waals surface area contributed by atoms with Crippen molar-refractivity contribution < 1.29 is 4.79 Å². The Morgan fingerprint density at radius 1 is 1.40 bits per heavy atom. The molecule has 1 N–H and O–H groups in total. The van der Waals surface area contributed by atoms with Gasteiger partial charge in [0.25, 0.3) is 5.91 Å². The maximum atomic E-state index is 12.2. The normalized spacial score (nSPS) is 19.6. The van der Waals surface area contributed by atoms with Gasteiger partial charge in [0.2, 0.25) is 0 Å². The lowest BCUT2D eigenvalue weighted by molar-refractivity contribution is 0.0911. The number of halogens is 1. The van der Waals surface area contributed by atoms with E-state index >= 15 is 0 Å². The molecule has 0 radical (unpaired) electrons. The Morgan fingerprint density at radius 3 is 2.92 bits per heavy atom. The van der Waals surface area contributed by atoms with Crippen molar-refractivity contribution in [1.82, 2.24) is 29.9 Å². The zero-order valence-corrected chi connectivity index (χ0v) is 15.2. The number of nitrogens with one attached hydrogen (secondary N) is 1. The van der Waals surface area contributed by atoms with E-state index in [0.717, 1.165) is 24.5 Å². The standard InChI is InChI=1S/C16H17ClN6OS/c1-22-14(9-23-6-2-5-18-23)20-21-15(22)10-7-11(8-10)19-16(24)12-3-4-13(17)25-12/h2-6,10-11H,7-9H2,1H3,(H,19,24). The highest BCUT2D eigenvalue weighted by Gasteiger charge is 2.35. The fraction of sp³-hybridized carbons (Fsp3) is 0.375. The van der Waals surface area contributed by atoms with Gasteiger partial charge < -0.3 is 9.88 Å². The lowest BCUT2D eigenvalue weighted by Gasteiger charge is -2.34. The molecule has 0 aromatic carbocycles. The third kappa shape index (κ3) is 3.32. The molecular formula is C16H17ClN6OS. The number of nitrogens with zero attached hydrogens (tertiary/aromatic N) is 5. The van der Waals surface area contributed by atoms with Crippen LogP contribution >= 0.6 is 22.9 Å². The van der Waals surface area contributed by atoms with Gasteiger partial charge in [0.15, 0.2) is 5.82 Å². The third-order valence-corrected chi connectivity index (χ3v) is 5.73. The van der Waals surface area contributed by atoms with E-state index in [1.807, 2.05) is 28.6 Å². The molecule has 1 saturated carbocycles. The summed E-state index contributed by atoms with van der Waals surface area (Å²) in [6.07, 6.45) is 5.40. The SMILES string of the molecule is Cn1c(Cn2cccn2)nnc1C1CC(NC(=O)c2ccc(Cl)s2)C1. The molecule has 0 atom stereocenters. The molecule has 0 saturated heterocycles. The summed E-state index contributed by atoms with van der Waals surface area (Å²) in [6, 6.07) is 5.55. The highest BCUT2D eigenvalue weighted by atomic mass is 35.5. The number of hydrogen-bond donors (Lipinski definition) is 1. The van der Waals surface area contributed by atoms with E-state index in [1.54, 1.807) is 18.3 Å². The van der Waals surface area contributed by atoms with Crippen LogP contribution in [0.25, 0.3) is 0 Å². The van der Waals surface area contributed by atoms with Gasteiger partial charge in [0.1, 0.15) is 12.4 Å². The highest BCUT2D eigenvalue weighted by Crippen LogP contribution is 2.36. The van der Waals surface area contributed by atoms with Crippen LogP contribution in [-0.2, 0) is 13.6 Å². The van der Waals surface area contributed by atoms with Crippen molar-refractivity contribution in [2.75, 3.05) is 0 Å². The molecule has 1 amide bonds. The first-order chi connectivity index (χ1) is 12.1. The molecule has 25 heavy (non-hydrogen) atoms. The molecule has 3 aromatic rings. The summed E-state index contributed by atoms with van der Waals surface area (Å²) in [6.45, 7) is 0.600. The second-order valence-electron chi connectivity index (χ2n) is 6.18. The van der Waals surface area contributed by atoms with Crippen LogP contribution in [-0.4, -0.2) is 36.5 Å². The Labute approximate surface area is 153 Å². The van der Waals surface area contributed by atoms with Crippen molar-refractivity contribution >= 4 is 28.8 Å². The average molecular weight is 377 g/mol. The van der Waals surface area contributed by atoms with Crippen LogP contribution in [0.5, 0.6) is 0 Å². The van der Waals surface area contributed by atoms with Crippen LogP contribution in [0.1, 0.15) is 40.1 Å².